The van der Waals surface area contributed by atoms with Crippen molar-refractivity contribution < 1.29 is 24.2 Å². The van der Waals surface area contributed by atoms with E-state index in [9.17, 15) is 14.7 Å². The number of rotatable bonds is 16. The summed E-state index contributed by atoms with van der Waals surface area (Å²) in [6.07, 6.45) is 7.94. The van der Waals surface area contributed by atoms with Gasteiger partial charge in [0.1, 0.15) is 28.8 Å². The molecule has 6 unspecified atom stereocenters. The Labute approximate surface area is 333 Å². The van der Waals surface area contributed by atoms with E-state index in [-0.39, 0.29) is 28.3 Å². The third-order valence-electron chi connectivity index (χ3n) is 13.7. The number of hydrogen-bond donors (Lipinski definition) is 1. The normalized spacial score (nSPS) is 22.1. The van der Waals surface area contributed by atoms with Crippen LogP contribution in [0.5, 0.6) is 11.5 Å². The lowest BCUT2D eigenvalue weighted by atomic mass is 9.55. The molecular weight excluding hydrogens is 681 g/mol. The van der Waals surface area contributed by atoms with Gasteiger partial charge in [-0.05, 0) is 125 Å². The molecule has 0 heterocycles. The van der Waals surface area contributed by atoms with Gasteiger partial charge in [-0.2, -0.15) is 0 Å². The van der Waals surface area contributed by atoms with Gasteiger partial charge in [-0.1, -0.05) is 111 Å². The van der Waals surface area contributed by atoms with E-state index in [2.05, 4.69) is 102 Å². The fourth-order valence-corrected chi connectivity index (χ4v) is 9.13. The second-order valence-corrected chi connectivity index (χ2v) is 18.6. The molecule has 1 fully saturated rings. The minimum atomic E-state index is -0.855. The standard InChI is InChI=1S/C50H68O5/c1-14-46(9,10)43(52)37-19-18-20-38(31-37)44(53)47(11,15-2)49(13,17-4)55-42-27-23-40(24-28-42)50(33-35(5)32-45(7,8)34-50)39-21-25-41(26-22-39)54-48(12,16-3)36(6)29-30-51/h18-28,31,35-36,51H,14-17,32-34H2,1-13H3. The van der Waals surface area contributed by atoms with E-state index in [1.807, 2.05) is 66.7 Å². The van der Waals surface area contributed by atoms with Crippen molar-refractivity contribution in [2.24, 2.45) is 28.1 Å². The van der Waals surface area contributed by atoms with Crippen molar-refractivity contribution in [1.82, 2.24) is 0 Å². The van der Waals surface area contributed by atoms with Gasteiger partial charge in [0.15, 0.2) is 11.6 Å². The largest absolute Gasteiger partial charge is 0.487 e. The predicted octanol–water partition coefficient (Wildman–Crippen LogP) is 12.8. The van der Waals surface area contributed by atoms with Gasteiger partial charge in [0.2, 0.25) is 0 Å². The van der Waals surface area contributed by atoms with Crippen LogP contribution in [-0.4, -0.2) is 27.9 Å². The predicted molar refractivity (Wildman–Crippen MR) is 226 cm³/mol. The van der Waals surface area contributed by atoms with Crippen molar-refractivity contribution in [3.8, 4) is 23.5 Å². The van der Waals surface area contributed by atoms with Gasteiger partial charge in [-0.3, -0.25) is 9.59 Å². The molecule has 0 aromatic heterocycles. The number of benzene rings is 3. The Bertz CT molecular complexity index is 1860. The van der Waals surface area contributed by atoms with Gasteiger partial charge in [0, 0.05) is 22.0 Å². The first-order valence-electron chi connectivity index (χ1n) is 20.6. The topological polar surface area (TPSA) is 72.8 Å². The highest BCUT2D eigenvalue weighted by atomic mass is 16.5. The summed E-state index contributed by atoms with van der Waals surface area (Å²) in [5.41, 5.74) is 0.854. The Morgan fingerprint density at radius 3 is 1.75 bits per heavy atom. The zero-order valence-corrected chi connectivity index (χ0v) is 36.1. The molecule has 4 rings (SSSR count). The molecule has 55 heavy (non-hydrogen) atoms. The molecule has 1 N–H and O–H groups in total. The van der Waals surface area contributed by atoms with E-state index in [1.165, 1.54) is 17.5 Å². The number of ether oxygens (including phenoxy) is 2. The van der Waals surface area contributed by atoms with Gasteiger partial charge in [-0.15, -0.1) is 0 Å². The maximum absolute atomic E-state index is 14.5. The van der Waals surface area contributed by atoms with E-state index in [0.717, 1.165) is 37.2 Å². The highest BCUT2D eigenvalue weighted by Gasteiger charge is 2.50. The van der Waals surface area contributed by atoms with E-state index < -0.39 is 22.0 Å². The smallest absolute Gasteiger partial charge is 0.172 e. The first-order valence-corrected chi connectivity index (χ1v) is 20.6. The Morgan fingerprint density at radius 2 is 1.29 bits per heavy atom. The summed E-state index contributed by atoms with van der Waals surface area (Å²) in [6.45, 7) is 27.4. The lowest BCUT2D eigenvalue weighted by Gasteiger charge is -2.49. The van der Waals surface area contributed by atoms with Crippen LogP contribution >= 0.6 is 0 Å². The maximum atomic E-state index is 14.5. The van der Waals surface area contributed by atoms with Crippen LogP contribution in [0.3, 0.4) is 0 Å². The zero-order chi connectivity index (χ0) is 41.0. The molecule has 1 aliphatic rings. The average molecular weight is 749 g/mol. The summed E-state index contributed by atoms with van der Waals surface area (Å²) in [5.74, 6) is 4.80. The number of carbonyl (C=O) groups is 2. The zero-order valence-electron chi connectivity index (χ0n) is 36.1. The van der Waals surface area contributed by atoms with E-state index in [4.69, 9.17) is 9.47 Å². The van der Waals surface area contributed by atoms with Crippen LogP contribution in [0.4, 0.5) is 0 Å². The van der Waals surface area contributed by atoms with Crippen molar-refractivity contribution in [3.63, 3.8) is 0 Å². The minimum Gasteiger partial charge on any atom is -0.487 e. The third kappa shape index (κ3) is 8.85. The van der Waals surface area contributed by atoms with Crippen LogP contribution in [0.25, 0.3) is 0 Å². The lowest BCUT2D eigenvalue weighted by Crippen LogP contribution is -2.52. The van der Waals surface area contributed by atoms with Crippen molar-refractivity contribution >= 4 is 11.6 Å². The minimum absolute atomic E-state index is 0.0141. The second kappa shape index (κ2) is 16.6. The number of hydrogen-bond acceptors (Lipinski definition) is 5. The molecule has 0 radical (unpaired) electrons. The number of carbonyl (C=O) groups excluding carboxylic acids is 2. The molecule has 1 aliphatic carbocycles. The second-order valence-electron chi connectivity index (χ2n) is 18.6. The van der Waals surface area contributed by atoms with Crippen molar-refractivity contribution in [3.05, 3.63) is 95.1 Å². The summed E-state index contributed by atoms with van der Waals surface area (Å²) in [4.78, 5) is 27.9. The Morgan fingerprint density at radius 1 is 0.764 bits per heavy atom. The summed E-state index contributed by atoms with van der Waals surface area (Å²) >= 11 is 0. The molecule has 0 bridgehead atoms. The van der Waals surface area contributed by atoms with E-state index >= 15 is 0 Å². The molecule has 5 heteroatoms. The van der Waals surface area contributed by atoms with Crippen molar-refractivity contribution in [1.29, 1.82) is 0 Å². The van der Waals surface area contributed by atoms with E-state index in [0.29, 0.717) is 29.9 Å². The molecule has 0 aliphatic heterocycles. The summed E-state index contributed by atoms with van der Waals surface area (Å²) in [5, 5.41) is 9.24. The SMILES string of the molecule is CCC(C)(C)C(=O)c1cccc(C(=O)C(C)(CC)C(C)(CC)Oc2ccc(C3(c4ccc(OC(C)(CC)C(C)C#CO)cc4)CC(C)CC(C)(C)C3)cc2)c1. The molecule has 0 saturated heterocycles. The number of aliphatic hydroxyl groups is 1. The monoisotopic (exact) mass is 749 g/mol. The fourth-order valence-electron chi connectivity index (χ4n) is 9.13. The molecule has 3 aromatic rings. The van der Waals surface area contributed by atoms with Crippen LogP contribution in [0, 0.1) is 40.1 Å². The number of ketones is 2. The molecule has 0 spiro atoms. The van der Waals surface area contributed by atoms with Crippen molar-refractivity contribution in [2.75, 3.05) is 0 Å². The molecule has 3 aromatic carbocycles. The summed E-state index contributed by atoms with van der Waals surface area (Å²) in [6, 6.07) is 24.5. The van der Waals surface area contributed by atoms with Gasteiger partial charge in [-0.25, -0.2) is 0 Å². The highest BCUT2D eigenvalue weighted by molar-refractivity contribution is 6.05. The number of Topliss-reactive ketones (excluding diaryl/α,β-unsaturated/α-hetero) is 2. The highest BCUT2D eigenvalue weighted by Crippen LogP contribution is 2.54. The quantitative estimate of drug-likeness (QED) is 0.117. The van der Waals surface area contributed by atoms with Crippen LogP contribution < -0.4 is 9.47 Å². The van der Waals surface area contributed by atoms with Gasteiger partial charge in [0.05, 0.1) is 11.3 Å². The average Bonchev–Trinajstić information content (AvgIpc) is 3.16. The molecule has 1 saturated carbocycles. The molecule has 0 amide bonds. The van der Waals surface area contributed by atoms with Gasteiger partial charge < -0.3 is 14.6 Å². The molecular formula is C50H68O5. The van der Waals surface area contributed by atoms with Crippen LogP contribution in [0.2, 0.25) is 0 Å². The first kappa shape index (κ1) is 43.7. The van der Waals surface area contributed by atoms with Crippen LogP contribution in [-0.2, 0) is 5.41 Å². The van der Waals surface area contributed by atoms with Crippen LogP contribution in [0.15, 0.2) is 72.8 Å². The summed E-state index contributed by atoms with van der Waals surface area (Å²) < 4.78 is 13.4. The van der Waals surface area contributed by atoms with Crippen LogP contribution in [0.1, 0.15) is 167 Å². The lowest BCUT2D eigenvalue weighted by molar-refractivity contribution is -0.0275. The molecule has 298 valence electrons. The number of aliphatic hydroxyl groups excluding tert-OH is 1. The van der Waals surface area contributed by atoms with Gasteiger partial charge in [0.25, 0.3) is 0 Å². The Kier molecular flexibility index (Phi) is 13.2. The third-order valence-corrected chi connectivity index (χ3v) is 13.7. The molecule has 5 nitrogen and oxygen atoms in total. The van der Waals surface area contributed by atoms with Crippen molar-refractivity contribution in [2.45, 2.75) is 152 Å². The fraction of sp³-hybridized carbons (Fsp3) is 0.560. The van der Waals surface area contributed by atoms with E-state index in [1.54, 1.807) is 6.07 Å². The van der Waals surface area contributed by atoms with Gasteiger partial charge >= 0.3 is 0 Å². The Hall–Kier alpha value is -4.04. The first-order chi connectivity index (χ1) is 25.7. The summed E-state index contributed by atoms with van der Waals surface area (Å²) in [7, 11) is 0. The maximum Gasteiger partial charge on any atom is 0.172 e. The Balaban J connectivity index is 1.68. The molecule has 6 atom stereocenters.